The number of carbonyl (C=O) groups excluding carboxylic acids is 1. The maximum Gasteiger partial charge on any atom is 0.265 e. The first kappa shape index (κ1) is 15.4. The first-order valence-corrected chi connectivity index (χ1v) is 7.46. The van der Waals surface area contributed by atoms with Crippen LogP contribution in [0.2, 0.25) is 0 Å². The molecule has 0 spiro atoms. The number of nitrogens with zero attached hydrogens (tertiary/aromatic N) is 1. The smallest absolute Gasteiger partial charge is 0.265 e. The SMILES string of the molecule is CC(NC(=O)c1sc(NC(C)(C)C)nc1N)c1ccco1. The van der Waals surface area contributed by atoms with Gasteiger partial charge in [-0.15, -0.1) is 0 Å². The molecule has 21 heavy (non-hydrogen) atoms. The van der Waals surface area contributed by atoms with Gasteiger partial charge in [-0.1, -0.05) is 11.3 Å². The standard InChI is InChI=1S/C14H20N4O2S/c1-8(9-6-5-7-20-9)16-12(19)10-11(15)17-13(21-10)18-14(2,3)4/h5-8H,15H2,1-4H3,(H,16,19)(H,17,18). The number of amides is 1. The highest BCUT2D eigenvalue weighted by Gasteiger charge is 2.21. The number of anilines is 2. The Morgan fingerprint density at radius 1 is 1.48 bits per heavy atom. The fraction of sp³-hybridized carbons (Fsp3) is 0.429. The quantitative estimate of drug-likeness (QED) is 0.807. The summed E-state index contributed by atoms with van der Waals surface area (Å²) in [6.07, 6.45) is 1.57. The van der Waals surface area contributed by atoms with Gasteiger partial charge in [0.15, 0.2) is 5.13 Å². The van der Waals surface area contributed by atoms with Gasteiger partial charge in [-0.05, 0) is 39.8 Å². The summed E-state index contributed by atoms with van der Waals surface area (Å²) in [5.41, 5.74) is 5.69. The number of nitrogens with two attached hydrogens (primary N) is 1. The first-order valence-electron chi connectivity index (χ1n) is 6.65. The Hall–Kier alpha value is -2.02. The van der Waals surface area contributed by atoms with E-state index >= 15 is 0 Å². The van der Waals surface area contributed by atoms with Gasteiger partial charge in [0.05, 0.1) is 12.3 Å². The highest BCUT2D eigenvalue weighted by atomic mass is 32.1. The minimum atomic E-state index is -0.254. The lowest BCUT2D eigenvalue weighted by Crippen LogP contribution is -2.26. The van der Waals surface area contributed by atoms with Crippen molar-refractivity contribution < 1.29 is 9.21 Å². The molecule has 0 radical (unpaired) electrons. The molecule has 114 valence electrons. The second-order valence-corrected chi connectivity index (χ2v) is 6.82. The fourth-order valence-corrected chi connectivity index (χ4v) is 2.74. The molecule has 0 bridgehead atoms. The largest absolute Gasteiger partial charge is 0.467 e. The summed E-state index contributed by atoms with van der Waals surface area (Å²) in [4.78, 5) is 16.9. The fourth-order valence-electron chi connectivity index (χ4n) is 1.74. The number of thiazole rings is 1. The van der Waals surface area contributed by atoms with Gasteiger partial charge in [-0.3, -0.25) is 4.79 Å². The van der Waals surface area contributed by atoms with E-state index in [1.807, 2.05) is 33.8 Å². The van der Waals surface area contributed by atoms with Crippen molar-refractivity contribution in [3.05, 3.63) is 29.0 Å². The van der Waals surface area contributed by atoms with Gasteiger partial charge >= 0.3 is 0 Å². The zero-order chi connectivity index (χ0) is 15.6. The molecule has 0 aliphatic carbocycles. The van der Waals surface area contributed by atoms with Crippen LogP contribution in [-0.2, 0) is 0 Å². The van der Waals surface area contributed by atoms with Crippen LogP contribution in [0.1, 0.15) is 49.2 Å². The zero-order valence-corrected chi connectivity index (χ0v) is 13.4. The molecule has 0 saturated heterocycles. The van der Waals surface area contributed by atoms with E-state index in [1.54, 1.807) is 12.3 Å². The first-order chi connectivity index (χ1) is 9.76. The van der Waals surface area contributed by atoms with Gasteiger partial charge in [0.25, 0.3) is 5.91 Å². The summed E-state index contributed by atoms with van der Waals surface area (Å²) in [5.74, 6) is 0.672. The number of nitrogen functional groups attached to an aromatic ring is 1. The molecule has 0 aliphatic rings. The van der Waals surface area contributed by atoms with Crippen LogP contribution in [0.15, 0.2) is 22.8 Å². The second kappa shape index (κ2) is 5.77. The van der Waals surface area contributed by atoms with Gasteiger partial charge in [0.1, 0.15) is 16.5 Å². The van der Waals surface area contributed by atoms with Crippen LogP contribution in [0.25, 0.3) is 0 Å². The normalized spacial score (nSPS) is 13.0. The zero-order valence-electron chi connectivity index (χ0n) is 12.6. The van der Waals surface area contributed by atoms with E-state index < -0.39 is 0 Å². The number of furan rings is 1. The molecule has 1 unspecified atom stereocenters. The molecule has 2 aromatic heterocycles. The molecule has 4 N–H and O–H groups in total. The van der Waals surface area contributed by atoms with Gasteiger partial charge < -0.3 is 20.8 Å². The van der Waals surface area contributed by atoms with E-state index in [9.17, 15) is 4.79 Å². The summed E-state index contributed by atoms with van der Waals surface area (Å²) in [5, 5.41) is 6.69. The third-order valence-corrected chi connectivity index (χ3v) is 3.64. The minimum absolute atomic E-state index is 0.139. The lowest BCUT2D eigenvalue weighted by Gasteiger charge is -2.19. The molecule has 0 saturated carbocycles. The maximum atomic E-state index is 12.3. The van der Waals surface area contributed by atoms with Gasteiger partial charge in [0.2, 0.25) is 0 Å². The number of aromatic nitrogens is 1. The summed E-state index contributed by atoms with van der Waals surface area (Å²) in [6.45, 7) is 7.90. The van der Waals surface area contributed by atoms with Crippen molar-refractivity contribution >= 4 is 28.2 Å². The Balaban J connectivity index is 2.09. The van der Waals surface area contributed by atoms with Crippen molar-refractivity contribution in [3.63, 3.8) is 0 Å². The predicted octanol–water partition coefficient (Wildman–Crippen LogP) is 3.02. The van der Waals surface area contributed by atoms with Crippen LogP contribution in [0.3, 0.4) is 0 Å². The third-order valence-electron chi connectivity index (χ3n) is 2.66. The molecule has 0 aromatic carbocycles. The molecule has 2 heterocycles. The second-order valence-electron chi connectivity index (χ2n) is 5.82. The van der Waals surface area contributed by atoms with Crippen LogP contribution in [0.4, 0.5) is 10.9 Å². The Morgan fingerprint density at radius 3 is 2.76 bits per heavy atom. The molecular weight excluding hydrogens is 288 g/mol. The average Bonchev–Trinajstić information content (AvgIpc) is 2.96. The van der Waals surface area contributed by atoms with Crippen LogP contribution in [0.5, 0.6) is 0 Å². The Morgan fingerprint density at radius 2 is 2.19 bits per heavy atom. The summed E-state index contributed by atoms with van der Waals surface area (Å²) in [6, 6.07) is 3.37. The molecule has 2 rings (SSSR count). The van der Waals surface area contributed by atoms with E-state index in [1.165, 1.54) is 11.3 Å². The summed E-state index contributed by atoms with van der Waals surface area (Å²) >= 11 is 1.24. The lowest BCUT2D eigenvalue weighted by molar-refractivity contribution is 0.0940. The van der Waals surface area contributed by atoms with E-state index in [2.05, 4.69) is 15.6 Å². The molecule has 6 nitrogen and oxygen atoms in total. The van der Waals surface area contributed by atoms with Crippen molar-refractivity contribution in [1.82, 2.24) is 10.3 Å². The highest BCUT2D eigenvalue weighted by Crippen LogP contribution is 2.27. The Labute approximate surface area is 127 Å². The van der Waals surface area contributed by atoms with Crippen molar-refractivity contribution in [2.45, 2.75) is 39.3 Å². The molecule has 1 atom stereocenters. The topological polar surface area (TPSA) is 93.2 Å². The van der Waals surface area contributed by atoms with Crippen LogP contribution in [0, 0.1) is 0 Å². The summed E-state index contributed by atoms with van der Waals surface area (Å²) in [7, 11) is 0. The van der Waals surface area contributed by atoms with E-state index in [0.29, 0.717) is 15.8 Å². The maximum absolute atomic E-state index is 12.3. The molecule has 0 aliphatic heterocycles. The number of nitrogens with one attached hydrogen (secondary N) is 2. The Kier molecular flexibility index (Phi) is 4.22. The lowest BCUT2D eigenvalue weighted by atomic mass is 10.1. The number of carbonyl (C=O) groups is 1. The predicted molar refractivity (Wildman–Crippen MR) is 84.5 cm³/mol. The molecule has 1 amide bonds. The van der Waals surface area contributed by atoms with Crippen molar-refractivity contribution in [2.24, 2.45) is 0 Å². The number of hydrogen-bond donors (Lipinski definition) is 3. The number of hydrogen-bond acceptors (Lipinski definition) is 6. The minimum Gasteiger partial charge on any atom is -0.467 e. The van der Waals surface area contributed by atoms with Crippen molar-refractivity contribution in [1.29, 1.82) is 0 Å². The Bertz CT molecular complexity index is 613. The van der Waals surface area contributed by atoms with E-state index in [-0.39, 0.29) is 23.3 Å². The van der Waals surface area contributed by atoms with Crippen LogP contribution < -0.4 is 16.4 Å². The van der Waals surface area contributed by atoms with Crippen LogP contribution >= 0.6 is 11.3 Å². The third kappa shape index (κ3) is 3.98. The number of rotatable bonds is 4. The summed E-state index contributed by atoms with van der Waals surface area (Å²) < 4.78 is 5.26. The monoisotopic (exact) mass is 308 g/mol. The molecular formula is C14H20N4O2S. The van der Waals surface area contributed by atoms with Gasteiger partial charge in [-0.25, -0.2) is 4.98 Å². The average molecular weight is 308 g/mol. The van der Waals surface area contributed by atoms with Crippen molar-refractivity contribution in [3.8, 4) is 0 Å². The molecule has 7 heteroatoms. The van der Waals surface area contributed by atoms with Gasteiger partial charge in [-0.2, -0.15) is 0 Å². The van der Waals surface area contributed by atoms with E-state index in [0.717, 1.165) is 0 Å². The highest BCUT2D eigenvalue weighted by molar-refractivity contribution is 7.18. The van der Waals surface area contributed by atoms with Crippen LogP contribution in [-0.4, -0.2) is 16.4 Å². The van der Waals surface area contributed by atoms with Crippen molar-refractivity contribution in [2.75, 3.05) is 11.1 Å². The molecule has 2 aromatic rings. The van der Waals surface area contributed by atoms with Gasteiger partial charge in [0, 0.05) is 5.54 Å². The van der Waals surface area contributed by atoms with E-state index in [4.69, 9.17) is 10.2 Å². The molecule has 0 fully saturated rings.